The van der Waals surface area contributed by atoms with Crippen LogP contribution in [0.25, 0.3) is 10.8 Å². The van der Waals surface area contributed by atoms with Gasteiger partial charge in [-0.3, -0.25) is 14.9 Å². The molecule has 0 saturated heterocycles. The van der Waals surface area contributed by atoms with Crippen LogP contribution in [0, 0.1) is 5.92 Å². The molecule has 0 bridgehead atoms. The van der Waals surface area contributed by atoms with Crippen LogP contribution in [-0.4, -0.2) is 40.8 Å². The van der Waals surface area contributed by atoms with Gasteiger partial charge in [0.25, 0.3) is 5.91 Å². The minimum absolute atomic E-state index is 0.0601. The van der Waals surface area contributed by atoms with Gasteiger partial charge in [0, 0.05) is 10.8 Å². The average molecular weight is 374 g/mol. The molecular weight excluding hydrogens is 352 g/mol. The molecular formula is C19H22N2O6. The lowest BCUT2D eigenvalue weighted by atomic mass is 10.0. The van der Waals surface area contributed by atoms with E-state index in [9.17, 15) is 19.5 Å². The van der Waals surface area contributed by atoms with Gasteiger partial charge in [0.1, 0.15) is 11.8 Å². The molecule has 1 unspecified atom stereocenters. The summed E-state index contributed by atoms with van der Waals surface area (Å²) in [5.41, 5.74) is 0.359. The number of anilines is 1. The van der Waals surface area contributed by atoms with E-state index in [0.717, 1.165) is 0 Å². The van der Waals surface area contributed by atoms with E-state index in [-0.39, 0.29) is 23.8 Å². The van der Waals surface area contributed by atoms with Crippen molar-refractivity contribution in [2.45, 2.75) is 26.8 Å². The van der Waals surface area contributed by atoms with E-state index in [2.05, 4.69) is 10.6 Å². The number of fused-ring (bicyclic) bond motifs is 1. The molecule has 144 valence electrons. The number of aromatic hydroxyl groups is 1. The third-order valence-corrected chi connectivity index (χ3v) is 3.78. The van der Waals surface area contributed by atoms with Gasteiger partial charge in [-0.15, -0.1) is 0 Å². The van der Waals surface area contributed by atoms with Crippen LogP contribution in [0.4, 0.5) is 10.5 Å². The summed E-state index contributed by atoms with van der Waals surface area (Å²) in [6.07, 6.45) is -0.618. The summed E-state index contributed by atoms with van der Waals surface area (Å²) in [7, 11) is 0. The molecule has 4 N–H and O–H groups in total. The number of ether oxygens (including phenoxy) is 1. The van der Waals surface area contributed by atoms with Gasteiger partial charge in [-0.25, -0.2) is 4.79 Å². The van der Waals surface area contributed by atoms with Crippen LogP contribution in [0.2, 0.25) is 0 Å². The zero-order valence-electron chi connectivity index (χ0n) is 15.3. The number of hydrogen-bond donors (Lipinski definition) is 4. The molecule has 0 radical (unpaired) electrons. The molecule has 0 spiro atoms. The monoisotopic (exact) mass is 374 g/mol. The van der Waals surface area contributed by atoms with Crippen molar-refractivity contribution >= 4 is 34.4 Å². The van der Waals surface area contributed by atoms with Gasteiger partial charge in [-0.1, -0.05) is 32.0 Å². The lowest BCUT2D eigenvalue weighted by Crippen LogP contribution is -2.38. The van der Waals surface area contributed by atoms with Crippen LogP contribution in [0.1, 0.15) is 31.1 Å². The number of benzene rings is 2. The van der Waals surface area contributed by atoms with Crippen LogP contribution < -0.4 is 10.6 Å². The molecule has 0 aromatic heterocycles. The molecule has 8 heteroatoms. The van der Waals surface area contributed by atoms with Crippen molar-refractivity contribution in [2.24, 2.45) is 5.92 Å². The Morgan fingerprint density at radius 1 is 1.07 bits per heavy atom. The van der Waals surface area contributed by atoms with E-state index in [1.165, 1.54) is 13.0 Å². The van der Waals surface area contributed by atoms with Crippen molar-refractivity contribution in [2.75, 3.05) is 11.9 Å². The smallest absolute Gasteiger partial charge is 0.411 e. The number of carbonyl (C=O) groups is 3. The standard InChI is InChI=1S/C19H22N2O6/c1-10(2)9-27-19(26)21-15-6-4-5-13-12(15)7-8-14(16(13)22)17(23)20-11(3)18(24)25/h4-8,10-11,22H,9H2,1-3H3,(H,20,23)(H,21,26)(H,24,25). The highest BCUT2D eigenvalue weighted by atomic mass is 16.5. The van der Waals surface area contributed by atoms with Crippen LogP contribution in [-0.2, 0) is 9.53 Å². The van der Waals surface area contributed by atoms with Crippen molar-refractivity contribution in [3.05, 3.63) is 35.9 Å². The van der Waals surface area contributed by atoms with Gasteiger partial charge in [-0.05, 0) is 25.0 Å². The number of hydrogen-bond acceptors (Lipinski definition) is 5. The van der Waals surface area contributed by atoms with Gasteiger partial charge in [-0.2, -0.15) is 0 Å². The number of rotatable bonds is 6. The number of carboxylic acid groups (broad SMARTS) is 1. The third-order valence-electron chi connectivity index (χ3n) is 3.78. The molecule has 1 atom stereocenters. The fourth-order valence-corrected chi connectivity index (χ4v) is 2.36. The molecule has 0 aliphatic heterocycles. The third kappa shape index (κ3) is 4.87. The fourth-order valence-electron chi connectivity index (χ4n) is 2.36. The summed E-state index contributed by atoms with van der Waals surface area (Å²) in [6.45, 7) is 5.43. The number of carboxylic acids is 1. The molecule has 0 fully saturated rings. The van der Waals surface area contributed by atoms with E-state index >= 15 is 0 Å². The Bertz CT molecular complexity index is 878. The Morgan fingerprint density at radius 3 is 2.41 bits per heavy atom. The Labute approximate surface area is 156 Å². The van der Waals surface area contributed by atoms with E-state index in [4.69, 9.17) is 9.84 Å². The molecule has 2 amide bonds. The first kappa shape index (κ1) is 20.0. The molecule has 8 nitrogen and oxygen atoms in total. The number of phenolic OH excluding ortho intramolecular Hbond substituents is 1. The summed E-state index contributed by atoms with van der Waals surface area (Å²) >= 11 is 0. The molecule has 2 aromatic carbocycles. The Kier molecular flexibility index (Phi) is 6.23. The van der Waals surface area contributed by atoms with Gasteiger partial charge in [0.05, 0.1) is 17.9 Å². The van der Waals surface area contributed by atoms with Crippen molar-refractivity contribution in [1.82, 2.24) is 5.32 Å². The van der Waals surface area contributed by atoms with E-state index in [1.807, 2.05) is 13.8 Å². The first-order valence-electron chi connectivity index (χ1n) is 8.42. The van der Waals surface area contributed by atoms with Crippen molar-refractivity contribution in [1.29, 1.82) is 0 Å². The molecule has 2 aromatic rings. The second-order valence-corrected chi connectivity index (χ2v) is 6.51. The number of phenols is 1. The van der Waals surface area contributed by atoms with Crippen LogP contribution in [0.5, 0.6) is 5.75 Å². The van der Waals surface area contributed by atoms with Gasteiger partial charge in [0.15, 0.2) is 0 Å². The predicted octanol–water partition coefficient (Wildman–Crippen LogP) is 2.95. The van der Waals surface area contributed by atoms with Gasteiger partial charge >= 0.3 is 12.1 Å². The van der Waals surface area contributed by atoms with Crippen molar-refractivity contribution in [3.8, 4) is 5.75 Å². The minimum atomic E-state index is -1.19. The second-order valence-electron chi connectivity index (χ2n) is 6.51. The Balaban J connectivity index is 2.30. The van der Waals surface area contributed by atoms with Gasteiger partial charge in [0.2, 0.25) is 0 Å². The maximum Gasteiger partial charge on any atom is 0.411 e. The highest BCUT2D eigenvalue weighted by Gasteiger charge is 2.20. The lowest BCUT2D eigenvalue weighted by Gasteiger charge is -2.14. The number of amides is 2. The molecule has 0 saturated carbocycles. The Morgan fingerprint density at radius 2 is 1.78 bits per heavy atom. The fraction of sp³-hybridized carbons (Fsp3) is 0.316. The minimum Gasteiger partial charge on any atom is -0.506 e. The maximum absolute atomic E-state index is 12.2. The summed E-state index contributed by atoms with van der Waals surface area (Å²) in [4.78, 5) is 35.0. The summed E-state index contributed by atoms with van der Waals surface area (Å²) in [6, 6.07) is 6.68. The normalized spacial score (nSPS) is 11.9. The summed E-state index contributed by atoms with van der Waals surface area (Å²) in [5, 5.41) is 25.1. The van der Waals surface area contributed by atoms with Crippen LogP contribution in [0.15, 0.2) is 30.3 Å². The zero-order chi connectivity index (χ0) is 20.1. The second kappa shape index (κ2) is 8.39. The quantitative estimate of drug-likeness (QED) is 0.616. The summed E-state index contributed by atoms with van der Waals surface area (Å²) < 4.78 is 5.08. The summed E-state index contributed by atoms with van der Waals surface area (Å²) in [5.74, 6) is -2.00. The molecule has 0 aliphatic rings. The number of nitrogens with one attached hydrogen (secondary N) is 2. The van der Waals surface area contributed by atoms with Gasteiger partial charge < -0.3 is 20.3 Å². The Hall–Kier alpha value is -3.29. The van der Waals surface area contributed by atoms with Crippen molar-refractivity contribution in [3.63, 3.8) is 0 Å². The van der Waals surface area contributed by atoms with Crippen molar-refractivity contribution < 1.29 is 29.3 Å². The first-order chi connectivity index (χ1) is 12.7. The zero-order valence-corrected chi connectivity index (χ0v) is 15.3. The first-order valence-corrected chi connectivity index (χ1v) is 8.42. The number of aliphatic carboxylic acids is 1. The molecule has 0 aliphatic carbocycles. The average Bonchev–Trinajstić information content (AvgIpc) is 2.60. The molecule has 2 rings (SSSR count). The highest BCUT2D eigenvalue weighted by molar-refractivity contribution is 6.08. The van der Waals surface area contributed by atoms with E-state index < -0.39 is 24.0 Å². The molecule has 0 heterocycles. The lowest BCUT2D eigenvalue weighted by molar-refractivity contribution is -0.138. The van der Waals surface area contributed by atoms with Crippen LogP contribution in [0.3, 0.4) is 0 Å². The molecule has 27 heavy (non-hydrogen) atoms. The van der Waals surface area contributed by atoms with Crippen LogP contribution >= 0.6 is 0 Å². The topological polar surface area (TPSA) is 125 Å². The maximum atomic E-state index is 12.2. The van der Waals surface area contributed by atoms with E-state index in [1.54, 1.807) is 24.3 Å². The predicted molar refractivity (Wildman–Crippen MR) is 100.0 cm³/mol. The SMILES string of the molecule is CC(C)COC(=O)Nc1cccc2c(O)c(C(=O)NC(C)C(=O)O)ccc12. The van der Waals surface area contributed by atoms with E-state index in [0.29, 0.717) is 16.5 Å². The highest BCUT2D eigenvalue weighted by Crippen LogP contribution is 2.33. The number of carbonyl (C=O) groups excluding carboxylic acids is 2. The largest absolute Gasteiger partial charge is 0.506 e.